The molecule has 20 heavy (non-hydrogen) atoms. The van der Waals surface area contributed by atoms with Crippen molar-refractivity contribution in [1.82, 2.24) is 4.98 Å². The number of carbonyl (C=O) groups is 1. The van der Waals surface area contributed by atoms with Gasteiger partial charge in [0.1, 0.15) is 11.3 Å². The molecule has 3 rings (SSSR count). The number of hydrogen-bond acceptors (Lipinski definition) is 4. The molecule has 1 heterocycles. The SMILES string of the molecule is O=C(COc1ccccc1)Nc1ccc2ncoc2c1. The van der Waals surface area contributed by atoms with E-state index in [9.17, 15) is 4.79 Å². The van der Waals surface area contributed by atoms with Crippen LogP contribution in [0.15, 0.2) is 59.3 Å². The van der Waals surface area contributed by atoms with Crippen LogP contribution in [-0.2, 0) is 4.79 Å². The minimum atomic E-state index is -0.229. The molecule has 0 aliphatic carbocycles. The summed E-state index contributed by atoms with van der Waals surface area (Å²) in [7, 11) is 0. The van der Waals surface area contributed by atoms with E-state index in [1.165, 1.54) is 6.39 Å². The van der Waals surface area contributed by atoms with Gasteiger partial charge in [-0.2, -0.15) is 0 Å². The van der Waals surface area contributed by atoms with Gasteiger partial charge in [0, 0.05) is 11.8 Å². The zero-order valence-electron chi connectivity index (χ0n) is 10.6. The second-order valence-corrected chi connectivity index (χ2v) is 4.18. The van der Waals surface area contributed by atoms with E-state index >= 15 is 0 Å². The number of hydrogen-bond donors (Lipinski definition) is 1. The maximum atomic E-state index is 11.8. The number of para-hydroxylation sites is 1. The summed E-state index contributed by atoms with van der Waals surface area (Å²) in [6.07, 6.45) is 1.37. The third-order valence-corrected chi connectivity index (χ3v) is 2.73. The van der Waals surface area contributed by atoms with E-state index in [-0.39, 0.29) is 12.5 Å². The summed E-state index contributed by atoms with van der Waals surface area (Å²) < 4.78 is 10.5. The molecule has 3 aromatic rings. The van der Waals surface area contributed by atoms with E-state index in [1.807, 2.05) is 18.2 Å². The number of carbonyl (C=O) groups excluding carboxylic acids is 1. The van der Waals surface area contributed by atoms with Gasteiger partial charge in [-0.25, -0.2) is 4.98 Å². The topological polar surface area (TPSA) is 64.4 Å². The molecule has 0 aliphatic rings. The average molecular weight is 268 g/mol. The predicted octanol–water partition coefficient (Wildman–Crippen LogP) is 2.85. The van der Waals surface area contributed by atoms with Gasteiger partial charge >= 0.3 is 0 Å². The van der Waals surface area contributed by atoms with Gasteiger partial charge in [-0.1, -0.05) is 18.2 Å². The molecule has 0 atom stereocenters. The number of nitrogens with one attached hydrogen (secondary N) is 1. The summed E-state index contributed by atoms with van der Waals surface area (Å²) in [5, 5.41) is 2.74. The van der Waals surface area contributed by atoms with Crippen molar-refractivity contribution in [2.24, 2.45) is 0 Å². The van der Waals surface area contributed by atoms with Crippen molar-refractivity contribution >= 4 is 22.7 Å². The molecule has 1 aromatic heterocycles. The zero-order chi connectivity index (χ0) is 13.8. The molecular weight excluding hydrogens is 256 g/mol. The van der Waals surface area contributed by atoms with Gasteiger partial charge in [-0.05, 0) is 24.3 Å². The third-order valence-electron chi connectivity index (χ3n) is 2.73. The summed E-state index contributed by atoms with van der Waals surface area (Å²) >= 11 is 0. The van der Waals surface area contributed by atoms with E-state index in [2.05, 4.69) is 10.3 Å². The lowest BCUT2D eigenvalue weighted by Crippen LogP contribution is -2.20. The number of fused-ring (bicyclic) bond motifs is 1. The van der Waals surface area contributed by atoms with Crippen molar-refractivity contribution in [3.05, 3.63) is 54.9 Å². The number of benzene rings is 2. The minimum absolute atomic E-state index is 0.0432. The number of oxazole rings is 1. The maximum absolute atomic E-state index is 11.8. The van der Waals surface area contributed by atoms with Gasteiger partial charge < -0.3 is 14.5 Å². The van der Waals surface area contributed by atoms with Crippen LogP contribution in [0.5, 0.6) is 5.75 Å². The Kier molecular flexibility index (Phi) is 3.33. The Balaban J connectivity index is 1.61. The Labute approximate surface area is 115 Å². The maximum Gasteiger partial charge on any atom is 0.262 e. The molecule has 2 aromatic carbocycles. The molecule has 0 bridgehead atoms. The lowest BCUT2D eigenvalue weighted by atomic mass is 10.3. The molecule has 5 heteroatoms. The Morgan fingerprint density at radius 2 is 2.05 bits per heavy atom. The lowest BCUT2D eigenvalue weighted by Gasteiger charge is -2.07. The zero-order valence-corrected chi connectivity index (χ0v) is 10.6. The Bertz CT molecular complexity index is 722. The van der Waals surface area contributed by atoms with E-state index in [1.54, 1.807) is 30.3 Å². The fraction of sp³-hybridized carbons (Fsp3) is 0.0667. The van der Waals surface area contributed by atoms with E-state index in [4.69, 9.17) is 9.15 Å². The highest BCUT2D eigenvalue weighted by molar-refractivity contribution is 5.93. The highest BCUT2D eigenvalue weighted by Gasteiger charge is 2.05. The summed E-state index contributed by atoms with van der Waals surface area (Å²) in [6, 6.07) is 14.5. The van der Waals surface area contributed by atoms with Crippen molar-refractivity contribution in [3.63, 3.8) is 0 Å². The van der Waals surface area contributed by atoms with Crippen LogP contribution >= 0.6 is 0 Å². The van der Waals surface area contributed by atoms with Crippen LogP contribution in [-0.4, -0.2) is 17.5 Å². The Morgan fingerprint density at radius 1 is 1.20 bits per heavy atom. The number of amides is 1. The van der Waals surface area contributed by atoms with Crippen molar-refractivity contribution in [2.45, 2.75) is 0 Å². The number of anilines is 1. The van der Waals surface area contributed by atoms with E-state index in [0.717, 1.165) is 5.52 Å². The first-order valence-electron chi connectivity index (χ1n) is 6.12. The van der Waals surface area contributed by atoms with Gasteiger partial charge in [-0.15, -0.1) is 0 Å². The second kappa shape index (κ2) is 5.44. The minimum Gasteiger partial charge on any atom is -0.484 e. The third kappa shape index (κ3) is 2.77. The van der Waals surface area contributed by atoms with Crippen LogP contribution in [0.25, 0.3) is 11.1 Å². The summed E-state index contributed by atoms with van der Waals surface area (Å²) in [5.74, 6) is 0.432. The predicted molar refractivity (Wildman–Crippen MR) is 74.6 cm³/mol. The molecule has 1 N–H and O–H groups in total. The molecule has 1 amide bonds. The van der Waals surface area contributed by atoms with E-state index in [0.29, 0.717) is 17.0 Å². The van der Waals surface area contributed by atoms with Gasteiger partial charge in [0.2, 0.25) is 0 Å². The molecule has 0 spiro atoms. The molecule has 0 saturated carbocycles. The number of rotatable bonds is 4. The summed E-state index contributed by atoms with van der Waals surface area (Å²) in [5.41, 5.74) is 2.03. The van der Waals surface area contributed by atoms with Gasteiger partial charge in [0.05, 0.1) is 0 Å². The standard InChI is InChI=1S/C15H12N2O3/c18-15(9-19-12-4-2-1-3-5-12)17-11-6-7-13-14(8-11)20-10-16-13/h1-8,10H,9H2,(H,17,18). The molecule has 0 saturated heterocycles. The smallest absolute Gasteiger partial charge is 0.262 e. The van der Waals surface area contributed by atoms with E-state index < -0.39 is 0 Å². The molecule has 0 aliphatic heterocycles. The van der Waals surface area contributed by atoms with Crippen molar-refractivity contribution in [1.29, 1.82) is 0 Å². The normalized spacial score (nSPS) is 10.4. The van der Waals surface area contributed by atoms with Crippen LogP contribution in [0, 0.1) is 0 Å². The van der Waals surface area contributed by atoms with Crippen molar-refractivity contribution in [2.75, 3.05) is 11.9 Å². The monoisotopic (exact) mass is 268 g/mol. The van der Waals surface area contributed by atoms with Crippen LogP contribution < -0.4 is 10.1 Å². The molecule has 0 unspecified atom stereocenters. The summed E-state index contributed by atoms with van der Waals surface area (Å²) in [6.45, 7) is -0.0432. The summed E-state index contributed by atoms with van der Waals surface area (Å²) in [4.78, 5) is 15.8. The highest BCUT2D eigenvalue weighted by Crippen LogP contribution is 2.17. The molecule has 0 fully saturated rings. The first kappa shape index (κ1) is 12.2. The van der Waals surface area contributed by atoms with Gasteiger partial charge in [-0.3, -0.25) is 4.79 Å². The first-order chi connectivity index (χ1) is 9.81. The van der Waals surface area contributed by atoms with Gasteiger partial charge in [0.25, 0.3) is 5.91 Å². The van der Waals surface area contributed by atoms with Crippen LogP contribution in [0.4, 0.5) is 5.69 Å². The fourth-order valence-electron chi connectivity index (χ4n) is 1.80. The van der Waals surface area contributed by atoms with Crippen LogP contribution in [0.2, 0.25) is 0 Å². The number of aromatic nitrogens is 1. The fourth-order valence-corrected chi connectivity index (χ4v) is 1.80. The van der Waals surface area contributed by atoms with Crippen LogP contribution in [0.3, 0.4) is 0 Å². The van der Waals surface area contributed by atoms with Gasteiger partial charge in [0.15, 0.2) is 18.6 Å². The molecule has 100 valence electrons. The molecular formula is C15H12N2O3. The van der Waals surface area contributed by atoms with Crippen molar-refractivity contribution < 1.29 is 13.9 Å². The second-order valence-electron chi connectivity index (χ2n) is 4.18. The van der Waals surface area contributed by atoms with Crippen molar-refractivity contribution in [3.8, 4) is 5.75 Å². The quantitative estimate of drug-likeness (QED) is 0.790. The molecule has 5 nitrogen and oxygen atoms in total. The lowest BCUT2D eigenvalue weighted by molar-refractivity contribution is -0.118. The largest absolute Gasteiger partial charge is 0.484 e. The number of nitrogens with zero attached hydrogens (tertiary/aromatic N) is 1. The number of ether oxygens (including phenoxy) is 1. The molecule has 0 radical (unpaired) electrons. The highest BCUT2D eigenvalue weighted by atomic mass is 16.5. The Morgan fingerprint density at radius 3 is 2.90 bits per heavy atom. The Hall–Kier alpha value is -2.82. The average Bonchev–Trinajstić information content (AvgIpc) is 2.94. The van der Waals surface area contributed by atoms with Crippen LogP contribution in [0.1, 0.15) is 0 Å². The first-order valence-corrected chi connectivity index (χ1v) is 6.12.